The zero-order valence-corrected chi connectivity index (χ0v) is 14.6. The number of carbonyl (C=O) groups excluding carboxylic acids is 1. The normalized spacial score (nSPS) is 10.4. The number of halogens is 1. The highest BCUT2D eigenvalue weighted by Gasteiger charge is 2.08. The first-order chi connectivity index (χ1) is 12.1. The van der Waals surface area contributed by atoms with Gasteiger partial charge >= 0.3 is 0 Å². The van der Waals surface area contributed by atoms with Gasteiger partial charge in [-0.3, -0.25) is 9.59 Å². The maximum absolute atomic E-state index is 12.0. The molecule has 25 heavy (non-hydrogen) atoms. The molecule has 0 aliphatic carbocycles. The van der Waals surface area contributed by atoms with Crippen molar-refractivity contribution < 1.29 is 4.79 Å². The number of benzene rings is 2. The molecule has 0 unspecified atom stereocenters. The van der Waals surface area contributed by atoms with Crippen LogP contribution in [0.5, 0.6) is 0 Å². The number of carbonyl (C=O) groups is 1. The molecule has 0 bridgehead atoms. The number of nitrogens with zero attached hydrogens (tertiary/aromatic N) is 1. The van der Waals surface area contributed by atoms with E-state index in [9.17, 15) is 9.59 Å². The fourth-order valence-electron chi connectivity index (χ4n) is 2.12. The van der Waals surface area contributed by atoms with Gasteiger partial charge in [-0.2, -0.15) is 0 Å². The summed E-state index contributed by atoms with van der Waals surface area (Å²) >= 11 is 6.98. The Kier molecular flexibility index (Phi) is 5.53. The van der Waals surface area contributed by atoms with Crippen molar-refractivity contribution in [1.29, 1.82) is 0 Å². The summed E-state index contributed by atoms with van der Waals surface area (Å²) in [6, 6.07) is 17.7. The smallest absolute Gasteiger partial charge is 0.252 e. The summed E-state index contributed by atoms with van der Waals surface area (Å²) in [5.41, 5.74) is 1.83. The number of H-pyrrole nitrogens is 1. The van der Waals surface area contributed by atoms with Crippen molar-refractivity contribution >= 4 is 35.0 Å². The van der Waals surface area contributed by atoms with Crippen LogP contribution in [0.1, 0.15) is 0 Å². The van der Waals surface area contributed by atoms with Gasteiger partial charge in [0.25, 0.3) is 5.56 Å². The Morgan fingerprint density at radius 3 is 2.56 bits per heavy atom. The highest BCUT2D eigenvalue weighted by Crippen LogP contribution is 2.19. The number of amides is 1. The third-order valence-corrected chi connectivity index (χ3v) is 4.38. The van der Waals surface area contributed by atoms with Crippen LogP contribution in [0.25, 0.3) is 11.3 Å². The van der Waals surface area contributed by atoms with Gasteiger partial charge in [-0.05, 0) is 24.3 Å². The summed E-state index contributed by atoms with van der Waals surface area (Å²) in [5, 5.41) is 3.77. The third-order valence-electron chi connectivity index (χ3n) is 3.26. The number of thioether (sulfide) groups is 1. The Balaban J connectivity index is 1.67. The van der Waals surface area contributed by atoms with Gasteiger partial charge in [0.15, 0.2) is 5.16 Å². The molecule has 0 saturated heterocycles. The molecule has 0 aliphatic rings. The van der Waals surface area contributed by atoms with E-state index in [0.29, 0.717) is 21.6 Å². The van der Waals surface area contributed by atoms with Crippen LogP contribution in [0.3, 0.4) is 0 Å². The first-order valence-electron chi connectivity index (χ1n) is 7.45. The molecule has 0 saturated carbocycles. The maximum atomic E-state index is 12.0. The molecule has 0 atom stereocenters. The number of hydrogen-bond donors (Lipinski definition) is 2. The van der Waals surface area contributed by atoms with E-state index in [1.807, 2.05) is 30.3 Å². The predicted octanol–water partition coefficient (Wildman–Crippen LogP) is 3.82. The van der Waals surface area contributed by atoms with Crippen LogP contribution in [0, 0.1) is 0 Å². The van der Waals surface area contributed by atoms with Crippen molar-refractivity contribution in [2.45, 2.75) is 5.16 Å². The lowest BCUT2D eigenvalue weighted by Crippen LogP contribution is -2.15. The molecule has 2 aromatic carbocycles. The lowest BCUT2D eigenvalue weighted by atomic mass is 10.1. The summed E-state index contributed by atoms with van der Waals surface area (Å²) < 4.78 is 0. The van der Waals surface area contributed by atoms with Crippen LogP contribution in [-0.4, -0.2) is 21.6 Å². The third kappa shape index (κ3) is 4.95. The highest BCUT2D eigenvalue weighted by atomic mass is 35.5. The van der Waals surface area contributed by atoms with Gasteiger partial charge in [0, 0.05) is 22.3 Å². The topological polar surface area (TPSA) is 74.8 Å². The number of anilines is 1. The second-order valence-corrected chi connectivity index (χ2v) is 6.55. The Morgan fingerprint density at radius 2 is 1.84 bits per heavy atom. The van der Waals surface area contributed by atoms with Crippen molar-refractivity contribution in [1.82, 2.24) is 9.97 Å². The standard InChI is InChI=1S/C18H14ClN3O2S/c19-13-6-8-14(9-7-13)20-17(24)11-25-18-21-15(10-16(23)22-18)12-4-2-1-3-5-12/h1-10H,11H2,(H,20,24)(H,21,22,23). The molecular weight excluding hydrogens is 358 g/mol. The molecule has 2 N–H and O–H groups in total. The molecule has 0 fully saturated rings. The Morgan fingerprint density at radius 1 is 1.12 bits per heavy atom. The average molecular weight is 372 g/mol. The molecule has 1 aromatic heterocycles. The lowest BCUT2D eigenvalue weighted by Gasteiger charge is -2.06. The van der Waals surface area contributed by atoms with E-state index in [1.165, 1.54) is 17.8 Å². The molecule has 0 aliphatic heterocycles. The van der Waals surface area contributed by atoms with Gasteiger partial charge in [0.2, 0.25) is 5.91 Å². The summed E-state index contributed by atoms with van der Waals surface area (Å²) in [6.45, 7) is 0. The van der Waals surface area contributed by atoms with Crippen molar-refractivity contribution in [3.05, 3.63) is 76.0 Å². The molecule has 0 spiro atoms. The van der Waals surface area contributed by atoms with Crippen LogP contribution in [-0.2, 0) is 4.79 Å². The molecule has 1 amide bonds. The summed E-state index contributed by atoms with van der Waals surface area (Å²) in [5.74, 6) is -0.0656. The van der Waals surface area contributed by atoms with Crippen LogP contribution in [0.15, 0.2) is 70.6 Å². The summed E-state index contributed by atoms with van der Waals surface area (Å²) in [6.07, 6.45) is 0. The molecule has 0 radical (unpaired) electrons. The molecular formula is C18H14ClN3O2S. The van der Waals surface area contributed by atoms with E-state index in [0.717, 1.165) is 5.56 Å². The van der Waals surface area contributed by atoms with Crippen LogP contribution in [0.2, 0.25) is 5.02 Å². The largest absolute Gasteiger partial charge is 0.325 e. The summed E-state index contributed by atoms with van der Waals surface area (Å²) in [4.78, 5) is 30.9. The van der Waals surface area contributed by atoms with E-state index in [-0.39, 0.29) is 17.2 Å². The SMILES string of the molecule is O=C(CSc1nc(-c2ccccc2)cc(=O)[nH]1)Nc1ccc(Cl)cc1. The van der Waals surface area contributed by atoms with E-state index in [2.05, 4.69) is 15.3 Å². The van der Waals surface area contributed by atoms with E-state index in [4.69, 9.17) is 11.6 Å². The maximum Gasteiger partial charge on any atom is 0.252 e. The minimum atomic E-state index is -0.255. The molecule has 1 heterocycles. The van der Waals surface area contributed by atoms with Gasteiger partial charge in [-0.25, -0.2) is 4.98 Å². The monoisotopic (exact) mass is 371 g/mol. The van der Waals surface area contributed by atoms with Crippen molar-refractivity contribution in [2.75, 3.05) is 11.1 Å². The van der Waals surface area contributed by atoms with Crippen LogP contribution < -0.4 is 10.9 Å². The van der Waals surface area contributed by atoms with Gasteiger partial charge in [-0.1, -0.05) is 53.7 Å². The first kappa shape index (κ1) is 17.3. The van der Waals surface area contributed by atoms with Crippen molar-refractivity contribution in [2.24, 2.45) is 0 Å². The second-order valence-electron chi connectivity index (χ2n) is 5.15. The first-order valence-corrected chi connectivity index (χ1v) is 8.81. The zero-order chi connectivity index (χ0) is 17.6. The quantitative estimate of drug-likeness (QED) is 0.528. The zero-order valence-electron chi connectivity index (χ0n) is 13.0. The predicted molar refractivity (Wildman–Crippen MR) is 101 cm³/mol. The van der Waals surface area contributed by atoms with Crippen molar-refractivity contribution in [3.8, 4) is 11.3 Å². The van der Waals surface area contributed by atoms with Crippen LogP contribution in [0.4, 0.5) is 5.69 Å². The molecule has 126 valence electrons. The Bertz CT molecular complexity index is 927. The van der Waals surface area contributed by atoms with E-state index >= 15 is 0 Å². The molecule has 3 aromatic rings. The Hall–Kier alpha value is -2.57. The van der Waals surface area contributed by atoms with Gasteiger partial charge < -0.3 is 10.3 Å². The lowest BCUT2D eigenvalue weighted by molar-refractivity contribution is -0.113. The average Bonchev–Trinajstić information content (AvgIpc) is 2.62. The molecule has 3 rings (SSSR count). The number of nitrogens with one attached hydrogen (secondary N) is 2. The molecule has 7 heteroatoms. The van der Waals surface area contributed by atoms with Gasteiger partial charge in [0.1, 0.15) is 0 Å². The van der Waals surface area contributed by atoms with E-state index < -0.39 is 0 Å². The molecule has 5 nitrogen and oxygen atoms in total. The number of rotatable bonds is 5. The fourth-order valence-corrected chi connectivity index (χ4v) is 2.93. The van der Waals surface area contributed by atoms with E-state index in [1.54, 1.807) is 24.3 Å². The van der Waals surface area contributed by atoms with Gasteiger partial charge in [0.05, 0.1) is 11.4 Å². The number of aromatic nitrogens is 2. The minimum absolute atomic E-state index is 0.129. The number of aromatic amines is 1. The highest BCUT2D eigenvalue weighted by molar-refractivity contribution is 7.99. The summed E-state index contributed by atoms with van der Waals surface area (Å²) in [7, 11) is 0. The number of hydrogen-bond acceptors (Lipinski definition) is 4. The van der Waals surface area contributed by atoms with Crippen LogP contribution >= 0.6 is 23.4 Å². The van der Waals surface area contributed by atoms with Gasteiger partial charge in [-0.15, -0.1) is 0 Å². The second kappa shape index (κ2) is 8.00. The Labute approximate surface area is 153 Å². The van der Waals surface area contributed by atoms with Crippen molar-refractivity contribution in [3.63, 3.8) is 0 Å². The minimum Gasteiger partial charge on any atom is -0.325 e. The fraction of sp³-hybridized carbons (Fsp3) is 0.0556.